The van der Waals surface area contributed by atoms with E-state index in [2.05, 4.69) is 10.3 Å². The third-order valence-electron chi connectivity index (χ3n) is 4.27. The molecule has 1 amide bonds. The number of rotatable bonds is 5. The van der Waals surface area contributed by atoms with Gasteiger partial charge in [-0.1, -0.05) is 6.07 Å². The molecule has 0 unspecified atom stereocenters. The number of para-hydroxylation sites is 1. The van der Waals surface area contributed by atoms with E-state index in [1.807, 2.05) is 17.7 Å². The third-order valence-corrected chi connectivity index (χ3v) is 4.27. The number of fused-ring (bicyclic) bond motifs is 1. The van der Waals surface area contributed by atoms with Crippen molar-refractivity contribution in [1.82, 2.24) is 14.9 Å². The second-order valence-electron chi connectivity index (χ2n) is 5.80. The van der Waals surface area contributed by atoms with Crippen LogP contribution in [0.25, 0.3) is 11.0 Å². The molecule has 2 atom stereocenters. The van der Waals surface area contributed by atoms with Crippen molar-refractivity contribution in [2.24, 2.45) is 12.8 Å². The van der Waals surface area contributed by atoms with Crippen molar-refractivity contribution >= 4 is 41.8 Å². The number of hydrogen-bond acceptors (Lipinski definition) is 4. The van der Waals surface area contributed by atoms with Gasteiger partial charge in [0.1, 0.15) is 17.4 Å². The van der Waals surface area contributed by atoms with Crippen LogP contribution in [0.15, 0.2) is 18.2 Å². The van der Waals surface area contributed by atoms with Gasteiger partial charge in [-0.3, -0.25) is 4.79 Å². The first-order valence-corrected chi connectivity index (χ1v) is 7.83. The van der Waals surface area contributed by atoms with E-state index in [4.69, 9.17) is 10.5 Å². The van der Waals surface area contributed by atoms with Crippen LogP contribution < -0.4 is 11.1 Å². The maximum absolute atomic E-state index is 13.7. The lowest BCUT2D eigenvalue weighted by molar-refractivity contribution is -0.131. The molecule has 2 heterocycles. The van der Waals surface area contributed by atoms with E-state index in [1.165, 1.54) is 6.07 Å². The number of carbonyl (C=O) groups is 1. The van der Waals surface area contributed by atoms with E-state index < -0.39 is 6.10 Å². The van der Waals surface area contributed by atoms with Crippen molar-refractivity contribution in [1.29, 1.82) is 0 Å². The molecule has 6 nitrogen and oxygen atoms in total. The Morgan fingerprint density at radius 3 is 2.84 bits per heavy atom. The van der Waals surface area contributed by atoms with Crippen LogP contribution in [0.3, 0.4) is 0 Å². The van der Waals surface area contributed by atoms with Crippen LogP contribution in [-0.4, -0.2) is 40.8 Å². The number of ether oxygens (including phenoxy) is 1. The third kappa shape index (κ3) is 4.61. The van der Waals surface area contributed by atoms with Gasteiger partial charge in [0.15, 0.2) is 5.82 Å². The molecule has 2 aromatic rings. The van der Waals surface area contributed by atoms with E-state index >= 15 is 0 Å². The molecule has 1 aromatic carbocycles. The summed E-state index contributed by atoms with van der Waals surface area (Å²) in [5, 5.41) is 2.85. The van der Waals surface area contributed by atoms with Crippen LogP contribution in [0.2, 0.25) is 0 Å². The Hall–Kier alpha value is -1.41. The zero-order chi connectivity index (χ0) is 16.4. The summed E-state index contributed by atoms with van der Waals surface area (Å²) >= 11 is 0. The number of amides is 1. The molecule has 0 saturated carbocycles. The fourth-order valence-electron chi connectivity index (χ4n) is 2.94. The summed E-state index contributed by atoms with van der Waals surface area (Å²) in [6.45, 7) is 0.875. The van der Waals surface area contributed by atoms with Crippen molar-refractivity contribution in [3.8, 4) is 0 Å². The lowest BCUT2D eigenvalue weighted by Gasteiger charge is -2.12. The number of hydrogen-bond donors (Lipinski definition) is 2. The number of halogens is 3. The Morgan fingerprint density at radius 2 is 2.20 bits per heavy atom. The monoisotopic (exact) mass is 392 g/mol. The molecule has 3 rings (SSSR count). The lowest BCUT2D eigenvalue weighted by atomic mass is 10.2. The van der Waals surface area contributed by atoms with Crippen LogP contribution in [-0.2, 0) is 23.0 Å². The van der Waals surface area contributed by atoms with E-state index in [1.54, 1.807) is 6.07 Å². The highest BCUT2D eigenvalue weighted by Gasteiger charge is 2.29. The van der Waals surface area contributed by atoms with Gasteiger partial charge < -0.3 is 20.4 Å². The topological polar surface area (TPSA) is 82.2 Å². The molecule has 1 fully saturated rings. The maximum atomic E-state index is 13.7. The number of nitrogens with two attached hydrogens (primary N) is 1. The first kappa shape index (κ1) is 21.6. The molecule has 0 radical (unpaired) electrons. The summed E-state index contributed by atoms with van der Waals surface area (Å²) in [4.78, 5) is 16.4. The lowest BCUT2D eigenvalue weighted by Crippen LogP contribution is -2.36. The molecule has 0 bridgehead atoms. The molecule has 0 aliphatic carbocycles. The summed E-state index contributed by atoms with van der Waals surface area (Å²) in [6, 6.07) is 4.88. The van der Waals surface area contributed by atoms with Gasteiger partial charge in [-0.25, -0.2) is 9.37 Å². The fourth-order valence-corrected chi connectivity index (χ4v) is 2.94. The van der Waals surface area contributed by atoms with Gasteiger partial charge in [0.25, 0.3) is 0 Å². The summed E-state index contributed by atoms with van der Waals surface area (Å²) in [5.74, 6) is 0.282. The summed E-state index contributed by atoms with van der Waals surface area (Å²) in [6.07, 6.45) is 1.61. The van der Waals surface area contributed by atoms with Crippen molar-refractivity contribution in [2.75, 3.05) is 13.1 Å². The minimum absolute atomic E-state index is 0. The predicted molar refractivity (Wildman–Crippen MR) is 98.8 cm³/mol. The molecule has 3 N–H and O–H groups in total. The average molecular weight is 393 g/mol. The second-order valence-corrected chi connectivity index (χ2v) is 5.80. The number of imidazole rings is 1. The largest absolute Gasteiger partial charge is 0.364 e. The predicted octanol–water partition coefficient (Wildman–Crippen LogP) is 1.72. The van der Waals surface area contributed by atoms with E-state index in [-0.39, 0.29) is 42.6 Å². The van der Waals surface area contributed by atoms with Crippen molar-refractivity contribution in [3.63, 3.8) is 0 Å². The van der Waals surface area contributed by atoms with E-state index in [0.29, 0.717) is 31.4 Å². The fraction of sp³-hybridized carbons (Fsp3) is 0.500. The number of aromatic nitrogens is 2. The highest BCUT2D eigenvalue weighted by atomic mass is 35.5. The number of nitrogens with one attached hydrogen (secondary N) is 1. The van der Waals surface area contributed by atoms with E-state index in [0.717, 1.165) is 17.8 Å². The van der Waals surface area contributed by atoms with Crippen LogP contribution in [0.5, 0.6) is 0 Å². The van der Waals surface area contributed by atoms with Crippen molar-refractivity contribution in [2.45, 2.75) is 31.5 Å². The molecule has 9 heteroatoms. The molecule has 1 aliphatic rings. The van der Waals surface area contributed by atoms with Gasteiger partial charge in [0, 0.05) is 26.6 Å². The Bertz CT molecular complexity index is 725. The normalized spacial score (nSPS) is 19.3. The molecular formula is C16H23Cl2FN4O2. The molecule has 1 saturated heterocycles. The first-order chi connectivity index (χ1) is 11.1. The standard InChI is InChI=1S/C16H21FN4O2.2ClH/c1-21-12-4-2-3-11(17)15(12)20-14(21)7-8-19-16(22)13-6-5-10(9-18)23-13;;/h2-4,10,13H,5-9,18H2,1H3,(H,19,22);2*1H/t10-,13+;;/m1../s1. The van der Waals surface area contributed by atoms with Gasteiger partial charge in [-0.2, -0.15) is 0 Å². The van der Waals surface area contributed by atoms with Gasteiger partial charge in [0.05, 0.1) is 11.6 Å². The first-order valence-electron chi connectivity index (χ1n) is 7.83. The summed E-state index contributed by atoms with van der Waals surface area (Å²) < 4.78 is 21.1. The zero-order valence-electron chi connectivity index (χ0n) is 13.9. The highest BCUT2D eigenvalue weighted by Crippen LogP contribution is 2.19. The molecular weight excluding hydrogens is 370 g/mol. The number of nitrogens with zero attached hydrogens (tertiary/aromatic N) is 2. The quantitative estimate of drug-likeness (QED) is 0.811. The summed E-state index contributed by atoms with van der Waals surface area (Å²) in [5.41, 5.74) is 6.65. The zero-order valence-corrected chi connectivity index (χ0v) is 15.5. The number of aryl methyl sites for hydroxylation is 1. The Balaban J connectivity index is 0.00000156. The summed E-state index contributed by atoms with van der Waals surface area (Å²) in [7, 11) is 1.85. The van der Waals surface area contributed by atoms with Crippen LogP contribution in [0.1, 0.15) is 18.7 Å². The minimum Gasteiger partial charge on any atom is -0.364 e. The van der Waals surface area contributed by atoms with Gasteiger partial charge in [0.2, 0.25) is 5.91 Å². The smallest absolute Gasteiger partial charge is 0.249 e. The van der Waals surface area contributed by atoms with E-state index in [9.17, 15) is 9.18 Å². The van der Waals surface area contributed by atoms with Crippen LogP contribution in [0.4, 0.5) is 4.39 Å². The Kier molecular flexibility index (Phi) is 8.08. The SMILES string of the molecule is Cl.Cl.Cn1c(CCNC(=O)[C@@H]2CC[C@H](CN)O2)nc2c(F)cccc21. The molecule has 140 valence electrons. The van der Waals surface area contributed by atoms with Gasteiger partial charge >= 0.3 is 0 Å². The van der Waals surface area contributed by atoms with Gasteiger partial charge in [-0.05, 0) is 25.0 Å². The Labute approximate surface area is 158 Å². The second kappa shape index (κ2) is 9.33. The van der Waals surface area contributed by atoms with Crippen LogP contribution in [0, 0.1) is 5.82 Å². The van der Waals surface area contributed by atoms with Gasteiger partial charge in [-0.15, -0.1) is 24.8 Å². The number of benzene rings is 1. The molecule has 0 spiro atoms. The maximum Gasteiger partial charge on any atom is 0.249 e. The Morgan fingerprint density at radius 1 is 1.44 bits per heavy atom. The van der Waals surface area contributed by atoms with Crippen LogP contribution >= 0.6 is 24.8 Å². The average Bonchev–Trinajstić information content (AvgIpc) is 3.14. The molecule has 1 aromatic heterocycles. The van der Waals surface area contributed by atoms with Crippen molar-refractivity contribution < 1.29 is 13.9 Å². The molecule has 1 aliphatic heterocycles. The minimum atomic E-state index is -0.415. The highest BCUT2D eigenvalue weighted by molar-refractivity contribution is 5.85. The number of carbonyl (C=O) groups excluding carboxylic acids is 1. The molecule has 25 heavy (non-hydrogen) atoms. The van der Waals surface area contributed by atoms with Crippen molar-refractivity contribution in [3.05, 3.63) is 29.8 Å².